The van der Waals surface area contributed by atoms with Gasteiger partial charge in [0.1, 0.15) is 0 Å². The lowest BCUT2D eigenvalue weighted by Crippen LogP contribution is -2.04. The highest BCUT2D eigenvalue weighted by Crippen LogP contribution is 2.38. The summed E-state index contributed by atoms with van der Waals surface area (Å²) < 4.78 is 0. The maximum absolute atomic E-state index is 12.3. The molecule has 4 heteroatoms. The SMILES string of the molecule is Cc1c(C(=O)CCCCCBr)cc(C(C)C)c(O)c1O. The fourth-order valence-electron chi connectivity index (χ4n) is 2.20. The Kier molecular flexibility index (Phi) is 6.53. The second-order valence-corrected chi connectivity index (χ2v) is 6.21. The van der Waals surface area contributed by atoms with Gasteiger partial charge in [-0.15, -0.1) is 0 Å². The number of hydrogen-bond acceptors (Lipinski definition) is 3. The van der Waals surface area contributed by atoms with Crippen molar-refractivity contribution in [2.45, 2.75) is 52.4 Å². The topological polar surface area (TPSA) is 57.5 Å². The Bertz CT molecular complexity index is 481. The van der Waals surface area contributed by atoms with E-state index in [9.17, 15) is 15.0 Å². The number of carbonyl (C=O) groups is 1. The Labute approximate surface area is 129 Å². The van der Waals surface area contributed by atoms with Gasteiger partial charge >= 0.3 is 0 Å². The summed E-state index contributed by atoms with van der Waals surface area (Å²) in [4.78, 5) is 12.3. The van der Waals surface area contributed by atoms with Gasteiger partial charge in [-0.1, -0.05) is 36.2 Å². The second-order valence-electron chi connectivity index (χ2n) is 5.41. The van der Waals surface area contributed by atoms with Crippen molar-refractivity contribution in [1.82, 2.24) is 0 Å². The first-order chi connectivity index (χ1) is 9.40. The van der Waals surface area contributed by atoms with Crippen LogP contribution in [0.15, 0.2) is 6.07 Å². The van der Waals surface area contributed by atoms with Crippen LogP contribution in [0.5, 0.6) is 11.5 Å². The lowest BCUT2D eigenvalue weighted by atomic mass is 9.92. The van der Waals surface area contributed by atoms with E-state index in [0.29, 0.717) is 23.1 Å². The average Bonchev–Trinajstić information content (AvgIpc) is 2.40. The lowest BCUT2D eigenvalue weighted by molar-refractivity contribution is 0.0978. The maximum Gasteiger partial charge on any atom is 0.163 e. The minimum absolute atomic E-state index is 0.0364. The molecule has 0 bridgehead atoms. The van der Waals surface area contributed by atoms with Gasteiger partial charge in [-0.3, -0.25) is 4.79 Å². The summed E-state index contributed by atoms with van der Waals surface area (Å²) >= 11 is 3.37. The molecule has 0 radical (unpaired) electrons. The van der Waals surface area contributed by atoms with E-state index in [1.165, 1.54) is 0 Å². The highest BCUT2D eigenvalue weighted by atomic mass is 79.9. The van der Waals surface area contributed by atoms with Crippen molar-refractivity contribution in [3.05, 3.63) is 22.8 Å². The molecular weight excluding hydrogens is 320 g/mol. The van der Waals surface area contributed by atoms with Gasteiger partial charge in [-0.05, 0) is 31.7 Å². The normalized spacial score (nSPS) is 11.1. The molecule has 0 aliphatic rings. The van der Waals surface area contributed by atoms with Crippen LogP contribution in [-0.4, -0.2) is 21.3 Å². The lowest BCUT2D eigenvalue weighted by Gasteiger charge is -2.15. The van der Waals surface area contributed by atoms with Gasteiger partial charge in [0, 0.05) is 28.4 Å². The average molecular weight is 343 g/mol. The van der Waals surface area contributed by atoms with E-state index in [1.54, 1.807) is 13.0 Å². The van der Waals surface area contributed by atoms with Crippen LogP contribution in [0.25, 0.3) is 0 Å². The minimum atomic E-state index is -0.167. The van der Waals surface area contributed by atoms with Gasteiger partial charge in [-0.2, -0.15) is 0 Å². The number of aromatic hydroxyl groups is 2. The molecule has 0 saturated heterocycles. The molecule has 0 aromatic heterocycles. The van der Waals surface area contributed by atoms with Crippen LogP contribution in [0.3, 0.4) is 0 Å². The second kappa shape index (κ2) is 7.67. The molecule has 0 heterocycles. The summed E-state index contributed by atoms with van der Waals surface area (Å²) in [6.07, 6.45) is 3.40. The van der Waals surface area contributed by atoms with Crippen LogP contribution in [0.2, 0.25) is 0 Å². The number of Topliss-reactive ketones (excluding diaryl/α,β-unsaturated/α-hetero) is 1. The number of alkyl halides is 1. The molecule has 0 atom stereocenters. The van der Waals surface area contributed by atoms with Gasteiger partial charge in [0.25, 0.3) is 0 Å². The third kappa shape index (κ3) is 3.98. The van der Waals surface area contributed by atoms with Crippen LogP contribution in [0.4, 0.5) is 0 Å². The van der Waals surface area contributed by atoms with Crippen LogP contribution < -0.4 is 0 Å². The zero-order chi connectivity index (χ0) is 15.3. The summed E-state index contributed by atoms with van der Waals surface area (Å²) in [6, 6.07) is 1.72. The first-order valence-electron chi connectivity index (χ1n) is 7.04. The molecular formula is C16H23BrO3. The molecule has 0 aliphatic heterocycles. The molecule has 1 aromatic rings. The number of benzene rings is 1. The fourth-order valence-corrected chi connectivity index (χ4v) is 2.59. The summed E-state index contributed by atoms with van der Waals surface area (Å²) in [5.41, 5.74) is 1.62. The van der Waals surface area contributed by atoms with Crippen molar-refractivity contribution in [3.63, 3.8) is 0 Å². The van der Waals surface area contributed by atoms with E-state index in [4.69, 9.17) is 0 Å². The number of phenolic OH excluding ortho intramolecular Hbond substituents is 2. The first kappa shape index (κ1) is 17.0. The molecule has 0 spiro atoms. The van der Waals surface area contributed by atoms with Crippen molar-refractivity contribution in [1.29, 1.82) is 0 Å². The number of ketones is 1. The molecule has 112 valence electrons. The van der Waals surface area contributed by atoms with E-state index < -0.39 is 0 Å². The molecule has 2 N–H and O–H groups in total. The molecule has 1 aromatic carbocycles. The van der Waals surface area contributed by atoms with Crippen LogP contribution >= 0.6 is 15.9 Å². The summed E-state index contributed by atoms with van der Waals surface area (Å²) in [6.45, 7) is 5.52. The smallest absolute Gasteiger partial charge is 0.163 e. The van der Waals surface area contributed by atoms with E-state index in [1.807, 2.05) is 13.8 Å². The third-order valence-corrected chi connectivity index (χ3v) is 4.08. The van der Waals surface area contributed by atoms with Crippen molar-refractivity contribution < 1.29 is 15.0 Å². The molecule has 0 fully saturated rings. The van der Waals surface area contributed by atoms with Gasteiger partial charge in [0.2, 0.25) is 0 Å². The summed E-state index contributed by atoms with van der Waals surface area (Å²) in [5, 5.41) is 20.9. The van der Waals surface area contributed by atoms with Crippen molar-refractivity contribution in [2.75, 3.05) is 5.33 Å². The molecule has 3 nitrogen and oxygen atoms in total. The maximum atomic E-state index is 12.3. The quantitative estimate of drug-likeness (QED) is 0.327. The number of carbonyl (C=O) groups excluding carboxylic acids is 1. The van der Waals surface area contributed by atoms with E-state index in [2.05, 4.69) is 15.9 Å². The van der Waals surface area contributed by atoms with Gasteiger partial charge in [0.15, 0.2) is 17.3 Å². The van der Waals surface area contributed by atoms with E-state index in [-0.39, 0.29) is 23.2 Å². The van der Waals surface area contributed by atoms with Crippen LogP contribution in [-0.2, 0) is 0 Å². The Morgan fingerprint density at radius 2 is 1.85 bits per heavy atom. The standard InChI is InChI=1S/C16H23BrO3/c1-10(2)12-9-13(11(3)15(19)16(12)20)14(18)7-5-4-6-8-17/h9-10,19-20H,4-8H2,1-3H3. The fraction of sp³-hybridized carbons (Fsp3) is 0.562. The Morgan fingerprint density at radius 3 is 2.40 bits per heavy atom. The van der Waals surface area contributed by atoms with Crippen molar-refractivity contribution >= 4 is 21.7 Å². The minimum Gasteiger partial charge on any atom is -0.504 e. The molecule has 20 heavy (non-hydrogen) atoms. The third-order valence-electron chi connectivity index (χ3n) is 3.52. The molecule has 1 rings (SSSR count). The van der Waals surface area contributed by atoms with Crippen LogP contribution in [0, 0.1) is 6.92 Å². The largest absolute Gasteiger partial charge is 0.504 e. The van der Waals surface area contributed by atoms with Crippen molar-refractivity contribution in [3.8, 4) is 11.5 Å². The predicted molar refractivity (Wildman–Crippen MR) is 85.2 cm³/mol. The Balaban J connectivity index is 2.97. The predicted octanol–water partition coefficient (Wildman–Crippen LogP) is 4.67. The highest BCUT2D eigenvalue weighted by molar-refractivity contribution is 9.09. The monoisotopic (exact) mass is 342 g/mol. The molecule has 0 unspecified atom stereocenters. The first-order valence-corrected chi connectivity index (χ1v) is 8.16. The zero-order valence-electron chi connectivity index (χ0n) is 12.4. The number of unbranched alkanes of at least 4 members (excludes halogenated alkanes) is 2. The highest BCUT2D eigenvalue weighted by Gasteiger charge is 2.19. The number of hydrogen-bond donors (Lipinski definition) is 2. The van der Waals surface area contributed by atoms with Gasteiger partial charge in [-0.25, -0.2) is 0 Å². The Hall–Kier alpha value is -1.03. The zero-order valence-corrected chi connectivity index (χ0v) is 14.0. The van der Waals surface area contributed by atoms with E-state index >= 15 is 0 Å². The number of phenols is 2. The van der Waals surface area contributed by atoms with Crippen molar-refractivity contribution in [2.24, 2.45) is 0 Å². The summed E-state index contributed by atoms with van der Waals surface area (Å²) in [5.74, 6) is -0.177. The van der Waals surface area contributed by atoms with Gasteiger partial charge in [0.05, 0.1) is 0 Å². The number of halogens is 1. The van der Waals surface area contributed by atoms with E-state index in [0.717, 1.165) is 24.6 Å². The molecule has 0 saturated carbocycles. The molecule has 0 amide bonds. The summed E-state index contributed by atoms with van der Waals surface area (Å²) in [7, 11) is 0. The number of rotatable bonds is 7. The van der Waals surface area contributed by atoms with Crippen LogP contribution in [0.1, 0.15) is 66.9 Å². The van der Waals surface area contributed by atoms with Gasteiger partial charge < -0.3 is 10.2 Å². The molecule has 0 aliphatic carbocycles. The Morgan fingerprint density at radius 1 is 1.20 bits per heavy atom.